The molecule has 0 aliphatic rings. The molecule has 0 fully saturated rings. The van der Waals surface area contributed by atoms with Crippen molar-refractivity contribution >= 4 is 23.3 Å². The van der Waals surface area contributed by atoms with Crippen LogP contribution in [0.25, 0.3) is 0 Å². The molecular formula is C15H16N4O5. The fourth-order valence-corrected chi connectivity index (χ4v) is 2.09. The molecule has 126 valence electrons. The van der Waals surface area contributed by atoms with Crippen molar-refractivity contribution in [2.75, 3.05) is 11.9 Å². The smallest absolute Gasteiger partial charge is 0.338 e. The van der Waals surface area contributed by atoms with E-state index in [1.807, 2.05) is 0 Å². The van der Waals surface area contributed by atoms with Gasteiger partial charge in [0.1, 0.15) is 0 Å². The van der Waals surface area contributed by atoms with Gasteiger partial charge in [-0.15, -0.1) is 0 Å². The number of non-ortho nitro benzene ring substituents is 1. The Hall–Kier alpha value is -3.23. The third-order valence-corrected chi connectivity index (χ3v) is 3.40. The maximum atomic E-state index is 11.9. The minimum absolute atomic E-state index is 0.00531. The monoisotopic (exact) mass is 332 g/mol. The van der Waals surface area contributed by atoms with Crippen LogP contribution in [-0.2, 0) is 16.6 Å². The van der Waals surface area contributed by atoms with Crippen LogP contribution in [0.3, 0.4) is 0 Å². The molecule has 0 bridgehead atoms. The topological polar surface area (TPSA) is 116 Å². The number of hydrogen-bond donors (Lipinski definition) is 1. The fraction of sp³-hybridized carbons (Fsp3) is 0.267. The third kappa shape index (κ3) is 3.75. The summed E-state index contributed by atoms with van der Waals surface area (Å²) in [5.74, 6) is -1.33. The predicted molar refractivity (Wildman–Crippen MR) is 84.7 cm³/mol. The number of aromatic nitrogens is 2. The quantitative estimate of drug-likeness (QED) is 0.506. The number of rotatable bonds is 5. The van der Waals surface area contributed by atoms with E-state index >= 15 is 0 Å². The number of nitrogens with zero attached hydrogens (tertiary/aromatic N) is 3. The second-order valence-corrected chi connectivity index (χ2v) is 5.10. The van der Waals surface area contributed by atoms with Crippen LogP contribution in [0, 0.1) is 24.0 Å². The Morgan fingerprint density at radius 1 is 1.38 bits per heavy atom. The second kappa shape index (κ2) is 6.90. The van der Waals surface area contributed by atoms with E-state index in [0.29, 0.717) is 11.4 Å². The zero-order valence-corrected chi connectivity index (χ0v) is 13.4. The fourth-order valence-electron chi connectivity index (χ4n) is 2.09. The number of carbonyl (C=O) groups is 2. The molecule has 1 heterocycles. The zero-order valence-electron chi connectivity index (χ0n) is 13.4. The van der Waals surface area contributed by atoms with Gasteiger partial charge >= 0.3 is 5.97 Å². The molecule has 24 heavy (non-hydrogen) atoms. The van der Waals surface area contributed by atoms with E-state index in [0.717, 1.165) is 11.8 Å². The highest BCUT2D eigenvalue weighted by molar-refractivity contribution is 5.96. The van der Waals surface area contributed by atoms with Gasteiger partial charge in [0, 0.05) is 19.2 Å². The van der Waals surface area contributed by atoms with Gasteiger partial charge in [0.2, 0.25) is 0 Å². The number of nitro benzene ring substituents is 1. The molecule has 0 radical (unpaired) electrons. The second-order valence-electron chi connectivity index (χ2n) is 5.10. The van der Waals surface area contributed by atoms with Crippen LogP contribution in [0.2, 0.25) is 0 Å². The molecule has 2 aromatic rings. The number of ether oxygens (including phenoxy) is 1. The van der Waals surface area contributed by atoms with E-state index in [2.05, 4.69) is 10.4 Å². The van der Waals surface area contributed by atoms with Gasteiger partial charge in [-0.3, -0.25) is 19.6 Å². The Morgan fingerprint density at radius 2 is 2.08 bits per heavy atom. The van der Waals surface area contributed by atoms with Crippen molar-refractivity contribution in [1.29, 1.82) is 0 Å². The maximum Gasteiger partial charge on any atom is 0.338 e. The summed E-state index contributed by atoms with van der Waals surface area (Å²) < 4.78 is 6.51. The third-order valence-electron chi connectivity index (χ3n) is 3.40. The van der Waals surface area contributed by atoms with Crippen LogP contribution in [0.4, 0.5) is 11.4 Å². The molecule has 1 aromatic carbocycles. The highest BCUT2D eigenvalue weighted by Crippen LogP contribution is 2.18. The lowest BCUT2D eigenvalue weighted by Crippen LogP contribution is -2.21. The Balaban J connectivity index is 1.97. The summed E-state index contributed by atoms with van der Waals surface area (Å²) in [5, 5.41) is 17.5. The van der Waals surface area contributed by atoms with Gasteiger partial charge < -0.3 is 10.1 Å². The highest BCUT2D eigenvalue weighted by atomic mass is 16.6. The first kappa shape index (κ1) is 17.1. The summed E-state index contributed by atoms with van der Waals surface area (Å²) in [7, 11) is 1.75. The van der Waals surface area contributed by atoms with Crippen LogP contribution in [0.1, 0.15) is 21.7 Å². The highest BCUT2D eigenvalue weighted by Gasteiger charge is 2.16. The van der Waals surface area contributed by atoms with E-state index < -0.39 is 23.4 Å². The Bertz CT molecular complexity index is 812. The van der Waals surface area contributed by atoms with E-state index in [1.54, 1.807) is 25.6 Å². The first-order chi connectivity index (χ1) is 11.3. The number of anilines is 1. The minimum atomic E-state index is -0.812. The van der Waals surface area contributed by atoms with Crippen LogP contribution in [0.5, 0.6) is 0 Å². The van der Waals surface area contributed by atoms with Crippen LogP contribution in [0.15, 0.2) is 24.3 Å². The first-order valence-corrected chi connectivity index (χ1v) is 7.01. The number of amides is 1. The van der Waals surface area contributed by atoms with Gasteiger partial charge in [-0.2, -0.15) is 5.10 Å². The average molecular weight is 332 g/mol. The van der Waals surface area contributed by atoms with Crippen LogP contribution >= 0.6 is 0 Å². The van der Waals surface area contributed by atoms with Gasteiger partial charge in [-0.1, -0.05) is 6.07 Å². The van der Waals surface area contributed by atoms with Crippen molar-refractivity contribution in [3.63, 3.8) is 0 Å². The largest absolute Gasteiger partial charge is 0.452 e. The van der Waals surface area contributed by atoms with Crippen molar-refractivity contribution in [3.8, 4) is 0 Å². The standard InChI is InChI=1S/C15H16N4O5/c1-9-14(10(2)18(3)17-9)16-13(20)8-24-15(21)11-5-4-6-12(7-11)19(22)23/h4-7H,8H2,1-3H3,(H,16,20). The molecule has 2 rings (SSSR count). The van der Waals surface area contributed by atoms with Gasteiger partial charge in [0.25, 0.3) is 11.6 Å². The van der Waals surface area contributed by atoms with Gasteiger partial charge in [-0.05, 0) is 19.9 Å². The molecule has 0 aliphatic heterocycles. The van der Waals surface area contributed by atoms with E-state index in [4.69, 9.17) is 4.74 Å². The number of nitro groups is 1. The number of esters is 1. The first-order valence-electron chi connectivity index (χ1n) is 7.01. The zero-order chi connectivity index (χ0) is 17.9. The lowest BCUT2D eigenvalue weighted by molar-refractivity contribution is -0.384. The summed E-state index contributed by atoms with van der Waals surface area (Å²) >= 11 is 0. The Kier molecular flexibility index (Phi) is 4.93. The lowest BCUT2D eigenvalue weighted by Gasteiger charge is -2.07. The Labute approximate surface area is 137 Å². The van der Waals surface area contributed by atoms with E-state index in [9.17, 15) is 19.7 Å². The van der Waals surface area contributed by atoms with E-state index in [1.165, 1.54) is 18.2 Å². The van der Waals surface area contributed by atoms with Crippen molar-refractivity contribution in [2.24, 2.45) is 7.05 Å². The normalized spacial score (nSPS) is 10.3. The SMILES string of the molecule is Cc1nn(C)c(C)c1NC(=O)COC(=O)c1cccc([N+](=O)[O-])c1. The van der Waals surface area contributed by atoms with Gasteiger partial charge in [0.15, 0.2) is 6.61 Å². The average Bonchev–Trinajstić information content (AvgIpc) is 2.79. The number of benzene rings is 1. The summed E-state index contributed by atoms with van der Waals surface area (Å²) in [6.07, 6.45) is 0. The Morgan fingerprint density at radius 3 is 2.67 bits per heavy atom. The summed E-state index contributed by atoms with van der Waals surface area (Å²) in [5.41, 5.74) is 1.76. The summed E-state index contributed by atoms with van der Waals surface area (Å²) in [6.45, 7) is 3.04. The summed E-state index contributed by atoms with van der Waals surface area (Å²) in [4.78, 5) is 33.9. The van der Waals surface area contributed by atoms with E-state index in [-0.39, 0.29) is 11.3 Å². The molecule has 0 spiro atoms. The van der Waals surface area contributed by atoms with Crippen LogP contribution in [-0.4, -0.2) is 33.2 Å². The molecule has 0 atom stereocenters. The molecular weight excluding hydrogens is 316 g/mol. The molecule has 0 saturated carbocycles. The van der Waals surface area contributed by atoms with Crippen molar-refractivity contribution < 1.29 is 19.2 Å². The number of aryl methyl sites for hydroxylation is 2. The molecule has 1 amide bonds. The van der Waals surface area contributed by atoms with Crippen LogP contribution < -0.4 is 5.32 Å². The minimum Gasteiger partial charge on any atom is -0.452 e. The van der Waals surface area contributed by atoms with Crippen molar-refractivity contribution in [2.45, 2.75) is 13.8 Å². The van der Waals surface area contributed by atoms with Crippen molar-refractivity contribution in [1.82, 2.24) is 9.78 Å². The number of nitrogens with one attached hydrogen (secondary N) is 1. The lowest BCUT2D eigenvalue weighted by atomic mass is 10.2. The number of hydrogen-bond acceptors (Lipinski definition) is 6. The van der Waals surface area contributed by atoms with Gasteiger partial charge in [0.05, 0.1) is 27.6 Å². The maximum absolute atomic E-state index is 11.9. The molecule has 0 aliphatic carbocycles. The predicted octanol–water partition coefficient (Wildman–Crippen LogP) is 1.74. The summed E-state index contributed by atoms with van der Waals surface area (Å²) in [6, 6.07) is 5.10. The van der Waals surface area contributed by atoms with Crippen molar-refractivity contribution in [3.05, 3.63) is 51.3 Å². The molecule has 9 heteroatoms. The molecule has 0 unspecified atom stereocenters. The molecule has 9 nitrogen and oxygen atoms in total. The van der Waals surface area contributed by atoms with Gasteiger partial charge in [-0.25, -0.2) is 4.79 Å². The molecule has 1 aromatic heterocycles. The molecule has 1 N–H and O–H groups in total. The molecule has 0 saturated heterocycles. The number of carbonyl (C=O) groups excluding carboxylic acids is 2.